The second-order valence-corrected chi connectivity index (χ2v) is 9.22. The molecule has 1 aromatic rings. The van der Waals surface area contributed by atoms with E-state index in [1.807, 2.05) is 12.1 Å². The Bertz CT molecular complexity index is 940. The maximum atomic E-state index is 13.0. The van der Waals surface area contributed by atoms with Crippen LogP contribution in [0.25, 0.3) is 0 Å². The fraction of sp³-hybridized carbons (Fsp3) is 0.565. The van der Waals surface area contributed by atoms with Gasteiger partial charge in [-0.05, 0) is 74.8 Å². The van der Waals surface area contributed by atoms with Crippen molar-refractivity contribution in [2.45, 2.75) is 44.7 Å². The van der Waals surface area contributed by atoms with E-state index in [2.05, 4.69) is 15.5 Å². The summed E-state index contributed by atoms with van der Waals surface area (Å²) >= 11 is 0. The van der Waals surface area contributed by atoms with E-state index in [0.717, 1.165) is 49.1 Å². The van der Waals surface area contributed by atoms with Gasteiger partial charge in [-0.25, -0.2) is 0 Å². The minimum absolute atomic E-state index is 0.127. The lowest BCUT2D eigenvalue weighted by Crippen LogP contribution is -2.54. The zero-order valence-electron chi connectivity index (χ0n) is 17.6. The van der Waals surface area contributed by atoms with Crippen LogP contribution in [-0.2, 0) is 16.1 Å². The van der Waals surface area contributed by atoms with E-state index in [9.17, 15) is 19.2 Å². The van der Waals surface area contributed by atoms with Crippen LogP contribution in [0.15, 0.2) is 18.2 Å². The van der Waals surface area contributed by atoms with Crippen molar-refractivity contribution in [1.82, 2.24) is 20.4 Å². The summed E-state index contributed by atoms with van der Waals surface area (Å²) in [6.07, 6.45) is 4.02. The molecule has 3 saturated heterocycles. The molecule has 3 atom stereocenters. The minimum atomic E-state index is -0.920. The Labute approximate surface area is 181 Å². The number of carbonyl (C=O) groups excluding carboxylic acids is 4. The topological polar surface area (TPSA) is 98.8 Å². The normalized spacial score (nSPS) is 29.4. The number of benzene rings is 1. The highest BCUT2D eigenvalue weighted by atomic mass is 16.2. The number of hydrogen-bond donors (Lipinski definition) is 2. The van der Waals surface area contributed by atoms with Gasteiger partial charge in [0, 0.05) is 19.5 Å². The van der Waals surface area contributed by atoms with E-state index in [1.165, 1.54) is 19.3 Å². The first-order valence-electron chi connectivity index (χ1n) is 11.3. The van der Waals surface area contributed by atoms with Crippen LogP contribution in [0.3, 0.4) is 0 Å². The predicted octanol–water partition coefficient (Wildman–Crippen LogP) is 0.909. The largest absolute Gasteiger partial charge is 0.316 e. The lowest BCUT2D eigenvalue weighted by molar-refractivity contribution is -0.136. The number of amides is 4. The van der Waals surface area contributed by atoms with Crippen molar-refractivity contribution < 1.29 is 19.2 Å². The van der Waals surface area contributed by atoms with Gasteiger partial charge in [0.1, 0.15) is 6.04 Å². The number of rotatable bonds is 4. The molecule has 0 saturated carbocycles. The summed E-state index contributed by atoms with van der Waals surface area (Å²) in [5.74, 6) is -0.369. The Kier molecular flexibility index (Phi) is 5.35. The second kappa shape index (κ2) is 8.16. The van der Waals surface area contributed by atoms with Crippen molar-refractivity contribution in [2.75, 3.05) is 26.2 Å². The van der Waals surface area contributed by atoms with Gasteiger partial charge in [-0.1, -0.05) is 6.07 Å². The van der Waals surface area contributed by atoms with Gasteiger partial charge in [0.25, 0.3) is 11.8 Å². The molecule has 31 heavy (non-hydrogen) atoms. The van der Waals surface area contributed by atoms with E-state index in [1.54, 1.807) is 6.07 Å². The maximum absolute atomic E-state index is 13.0. The minimum Gasteiger partial charge on any atom is -0.316 e. The van der Waals surface area contributed by atoms with E-state index in [4.69, 9.17) is 0 Å². The third kappa shape index (κ3) is 3.78. The average molecular weight is 425 g/mol. The molecule has 3 unspecified atom stereocenters. The van der Waals surface area contributed by atoms with E-state index < -0.39 is 23.8 Å². The number of nitrogens with zero attached hydrogens (tertiary/aromatic N) is 2. The Morgan fingerprint density at radius 3 is 2.58 bits per heavy atom. The molecule has 164 valence electrons. The standard InChI is InChI=1S/C23H28N4O4/c28-20-6-5-19(21(29)25-20)27-22(30)17-4-3-14(10-18(17)23(27)31)12-26-9-1-2-16(13-26)15-7-8-24-11-15/h3-4,10,15-16,19,24H,1-2,5-9,11-13H2,(H,25,28,29). The molecule has 8 heteroatoms. The number of nitrogens with one attached hydrogen (secondary N) is 2. The van der Waals surface area contributed by atoms with Gasteiger partial charge in [-0.3, -0.25) is 34.3 Å². The van der Waals surface area contributed by atoms with Crippen molar-refractivity contribution in [2.24, 2.45) is 11.8 Å². The molecule has 4 amide bonds. The first-order valence-corrected chi connectivity index (χ1v) is 11.3. The van der Waals surface area contributed by atoms with E-state index in [-0.39, 0.29) is 18.7 Å². The van der Waals surface area contributed by atoms with Crippen LogP contribution in [0.1, 0.15) is 58.4 Å². The quantitative estimate of drug-likeness (QED) is 0.697. The molecule has 0 aromatic heterocycles. The van der Waals surface area contributed by atoms with Crippen LogP contribution in [0.2, 0.25) is 0 Å². The second-order valence-electron chi connectivity index (χ2n) is 9.22. The SMILES string of the molecule is O=C1CCC(N2C(=O)c3ccc(CN4CCCC(C5CCNC5)C4)cc3C2=O)C(=O)N1. The van der Waals surface area contributed by atoms with Gasteiger partial charge in [0.05, 0.1) is 11.1 Å². The Morgan fingerprint density at radius 1 is 0.968 bits per heavy atom. The highest BCUT2D eigenvalue weighted by Crippen LogP contribution is 2.31. The number of carbonyl (C=O) groups is 4. The van der Waals surface area contributed by atoms with Gasteiger partial charge < -0.3 is 5.32 Å². The summed E-state index contributed by atoms with van der Waals surface area (Å²) in [6.45, 7) is 5.10. The molecule has 0 radical (unpaired) electrons. The molecule has 4 heterocycles. The van der Waals surface area contributed by atoms with Crippen molar-refractivity contribution in [3.63, 3.8) is 0 Å². The fourth-order valence-corrected chi connectivity index (χ4v) is 5.57. The molecule has 4 aliphatic rings. The van der Waals surface area contributed by atoms with Crippen LogP contribution in [0, 0.1) is 11.8 Å². The van der Waals surface area contributed by atoms with Crippen LogP contribution >= 0.6 is 0 Å². The van der Waals surface area contributed by atoms with Crippen LogP contribution in [0.5, 0.6) is 0 Å². The zero-order valence-corrected chi connectivity index (χ0v) is 17.6. The molecule has 5 rings (SSSR count). The smallest absolute Gasteiger partial charge is 0.262 e. The molecule has 2 N–H and O–H groups in total. The average Bonchev–Trinajstić information content (AvgIpc) is 3.37. The van der Waals surface area contributed by atoms with Gasteiger partial charge in [-0.15, -0.1) is 0 Å². The summed E-state index contributed by atoms with van der Waals surface area (Å²) in [6, 6.07) is 4.51. The van der Waals surface area contributed by atoms with Crippen LogP contribution in [-0.4, -0.2) is 65.6 Å². The Morgan fingerprint density at radius 2 is 1.81 bits per heavy atom. The lowest BCUT2D eigenvalue weighted by Gasteiger charge is -2.35. The highest BCUT2D eigenvalue weighted by molar-refractivity contribution is 6.23. The van der Waals surface area contributed by atoms with Crippen LogP contribution in [0.4, 0.5) is 0 Å². The first kappa shape index (κ1) is 20.3. The molecule has 0 spiro atoms. The van der Waals surface area contributed by atoms with Crippen molar-refractivity contribution in [1.29, 1.82) is 0 Å². The zero-order chi connectivity index (χ0) is 21.5. The van der Waals surface area contributed by atoms with Gasteiger partial charge in [-0.2, -0.15) is 0 Å². The van der Waals surface area contributed by atoms with E-state index >= 15 is 0 Å². The summed E-state index contributed by atoms with van der Waals surface area (Å²) in [4.78, 5) is 53.0. The third-order valence-electron chi connectivity index (χ3n) is 7.22. The van der Waals surface area contributed by atoms with Gasteiger partial charge in [0.15, 0.2) is 0 Å². The highest BCUT2D eigenvalue weighted by Gasteiger charge is 2.44. The number of piperidine rings is 2. The Hall–Kier alpha value is -2.58. The number of imide groups is 2. The summed E-state index contributed by atoms with van der Waals surface area (Å²) in [5.41, 5.74) is 1.71. The van der Waals surface area contributed by atoms with E-state index in [0.29, 0.717) is 17.0 Å². The molecule has 8 nitrogen and oxygen atoms in total. The number of likely N-dealkylation sites (tertiary alicyclic amines) is 1. The third-order valence-corrected chi connectivity index (χ3v) is 7.22. The summed E-state index contributed by atoms with van der Waals surface area (Å²) < 4.78 is 0. The Balaban J connectivity index is 1.30. The molecular weight excluding hydrogens is 396 g/mol. The molecule has 1 aromatic carbocycles. The number of fused-ring (bicyclic) bond motifs is 1. The van der Waals surface area contributed by atoms with Crippen molar-refractivity contribution in [3.8, 4) is 0 Å². The fourth-order valence-electron chi connectivity index (χ4n) is 5.57. The van der Waals surface area contributed by atoms with Crippen molar-refractivity contribution in [3.05, 3.63) is 34.9 Å². The predicted molar refractivity (Wildman–Crippen MR) is 112 cm³/mol. The lowest BCUT2D eigenvalue weighted by atomic mass is 9.85. The summed E-state index contributed by atoms with van der Waals surface area (Å²) in [5, 5.41) is 5.70. The molecule has 3 fully saturated rings. The molecule has 0 aliphatic carbocycles. The van der Waals surface area contributed by atoms with Crippen LogP contribution < -0.4 is 10.6 Å². The molecule has 0 bridgehead atoms. The van der Waals surface area contributed by atoms with Gasteiger partial charge >= 0.3 is 0 Å². The number of hydrogen-bond acceptors (Lipinski definition) is 6. The van der Waals surface area contributed by atoms with Crippen molar-refractivity contribution >= 4 is 23.6 Å². The molecule has 4 aliphatic heterocycles. The first-order chi connectivity index (χ1) is 15.0. The maximum Gasteiger partial charge on any atom is 0.262 e. The monoisotopic (exact) mass is 424 g/mol. The summed E-state index contributed by atoms with van der Waals surface area (Å²) in [7, 11) is 0. The van der Waals surface area contributed by atoms with Gasteiger partial charge in [0.2, 0.25) is 11.8 Å². The molecular formula is C23H28N4O4.